The Hall–Kier alpha value is -2.81. The Morgan fingerprint density at radius 2 is 1.92 bits per heavy atom. The van der Waals surface area contributed by atoms with E-state index in [2.05, 4.69) is 11.9 Å². The van der Waals surface area contributed by atoms with Crippen molar-refractivity contribution in [1.29, 1.82) is 0 Å². The molecule has 0 aromatic heterocycles. The van der Waals surface area contributed by atoms with E-state index in [1.165, 1.54) is 0 Å². The summed E-state index contributed by atoms with van der Waals surface area (Å²) in [5.41, 5.74) is 1.53. The number of aromatic hydroxyl groups is 1. The zero-order chi connectivity index (χ0) is 16.8. The number of unbranched alkanes of at least 4 members (excludes halogenated alkanes) is 1. The highest BCUT2D eigenvalue weighted by molar-refractivity contribution is 6.02. The fourth-order valence-corrected chi connectivity index (χ4v) is 2.55. The Kier molecular flexibility index (Phi) is 5.12. The number of aliphatic imine (C=N–C) groups is 1. The van der Waals surface area contributed by atoms with Crippen molar-refractivity contribution >= 4 is 22.7 Å². The van der Waals surface area contributed by atoms with Crippen LogP contribution >= 0.6 is 0 Å². The molecule has 0 saturated carbocycles. The molecule has 0 spiro atoms. The van der Waals surface area contributed by atoms with E-state index in [0.717, 1.165) is 40.6 Å². The van der Waals surface area contributed by atoms with Crippen LogP contribution in [0.2, 0.25) is 0 Å². The lowest BCUT2D eigenvalue weighted by Crippen LogP contribution is -1.95. The number of hydrogen-bond donors (Lipinski definition) is 1. The van der Waals surface area contributed by atoms with Gasteiger partial charge in [-0.2, -0.15) is 0 Å². The Bertz CT molecular complexity index is 855. The van der Waals surface area contributed by atoms with Crippen LogP contribution in [0.5, 0.6) is 11.5 Å². The Morgan fingerprint density at radius 1 is 1.04 bits per heavy atom. The highest BCUT2D eigenvalue weighted by atomic mass is 16.5. The van der Waals surface area contributed by atoms with Crippen LogP contribution in [-0.4, -0.2) is 17.9 Å². The SMILES string of the molecule is CCCCOc1cccc(N=Cc2c(O)ccc3ccccc23)c1. The molecule has 0 unspecified atom stereocenters. The summed E-state index contributed by atoms with van der Waals surface area (Å²) < 4.78 is 5.71. The van der Waals surface area contributed by atoms with Crippen LogP contribution in [-0.2, 0) is 0 Å². The van der Waals surface area contributed by atoms with Crippen molar-refractivity contribution < 1.29 is 9.84 Å². The van der Waals surface area contributed by atoms with E-state index in [4.69, 9.17) is 4.74 Å². The summed E-state index contributed by atoms with van der Waals surface area (Å²) in [4.78, 5) is 4.51. The van der Waals surface area contributed by atoms with Crippen LogP contribution in [0.3, 0.4) is 0 Å². The summed E-state index contributed by atoms with van der Waals surface area (Å²) in [6.45, 7) is 2.86. The number of phenolic OH excluding ortho intramolecular Hbond substituents is 1. The van der Waals surface area contributed by atoms with Gasteiger partial charge in [0.2, 0.25) is 0 Å². The molecule has 3 aromatic rings. The summed E-state index contributed by atoms with van der Waals surface area (Å²) in [6, 6.07) is 19.3. The van der Waals surface area contributed by atoms with Gasteiger partial charge >= 0.3 is 0 Å². The van der Waals surface area contributed by atoms with Crippen LogP contribution in [0.15, 0.2) is 65.7 Å². The molecule has 0 aliphatic heterocycles. The van der Waals surface area contributed by atoms with E-state index in [0.29, 0.717) is 6.61 Å². The van der Waals surface area contributed by atoms with E-state index in [1.54, 1.807) is 12.3 Å². The van der Waals surface area contributed by atoms with Crippen molar-refractivity contribution in [2.24, 2.45) is 4.99 Å². The lowest BCUT2D eigenvalue weighted by molar-refractivity contribution is 0.309. The van der Waals surface area contributed by atoms with E-state index in [1.807, 2.05) is 54.6 Å². The summed E-state index contributed by atoms with van der Waals surface area (Å²) in [6.07, 6.45) is 3.86. The Balaban J connectivity index is 1.86. The smallest absolute Gasteiger partial charge is 0.124 e. The topological polar surface area (TPSA) is 41.8 Å². The van der Waals surface area contributed by atoms with Crippen molar-refractivity contribution in [3.8, 4) is 11.5 Å². The van der Waals surface area contributed by atoms with Crippen LogP contribution in [0.4, 0.5) is 5.69 Å². The van der Waals surface area contributed by atoms with Gasteiger partial charge < -0.3 is 9.84 Å². The maximum absolute atomic E-state index is 10.2. The van der Waals surface area contributed by atoms with Crippen molar-refractivity contribution in [2.75, 3.05) is 6.61 Å². The molecule has 0 heterocycles. The fraction of sp³-hybridized carbons (Fsp3) is 0.190. The minimum absolute atomic E-state index is 0.229. The second-order valence-corrected chi connectivity index (χ2v) is 5.68. The van der Waals surface area contributed by atoms with Gasteiger partial charge in [-0.1, -0.05) is 49.7 Å². The number of benzene rings is 3. The van der Waals surface area contributed by atoms with E-state index in [9.17, 15) is 5.11 Å². The predicted molar refractivity (Wildman–Crippen MR) is 99.7 cm³/mol. The van der Waals surface area contributed by atoms with E-state index >= 15 is 0 Å². The minimum atomic E-state index is 0.229. The first-order chi connectivity index (χ1) is 11.8. The molecule has 0 radical (unpaired) electrons. The van der Waals surface area contributed by atoms with Crippen molar-refractivity contribution in [3.63, 3.8) is 0 Å². The normalized spacial score (nSPS) is 11.2. The molecule has 0 aliphatic rings. The maximum Gasteiger partial charge on any atom is 0.124 e. The largest absolute Gasteiger partial charge is 0.507 e. The van der Waals surface area contributed by atoms with Crippen molar-refractivity contribution in [1.82, 2.24) is 0 Å². The molecular weight excluding hydrogens is 298 g/mol. The van der Waals surface area contributed by atoms with Gasteiger partial charge in [-0.3, -0.25) is 4.99 Å². The zero-order valence-corrected chi connectivity index (χ0v) is 13.8. The van der Waals surface area contributed by atoms with Gasteiger partial charge in [0.15, 0.2) is 0 Å². The third-order valence-corrected chi connectivity index (χ3v) is 3.87. The molecule has 0 saturated heterocycles. The van der Waals surface area contributed by atoms with Gasteiger partial charge in [-0.25, -0.2) is 0 Å². The van der Waals surface area contributed by atoms with Crippen molar-refractivity contribution in [2.45, 2.75) is 19.8 Å². The monoisotopic (exact) mass is 319 g/mol. The second-order valence-electron chi connectivity index (χ2n) is 5.68. The third kappa shape index (κ3) is 3.74. The molecule has 3 heteroatoms. The number of ether oxygens (including phenoxy) is 1. The molecule has 1 N–H and O–H groups in total. The molecule has 0 fully saturated rings. The summed E-state index contributed by atoms with van der Waals surface area (Å²) in [5.74, 6) is 1.05. The van der Waals surface area contributed by atoms with Crippen LogP contribution < -0.4 is 4.74 Å². The molecular formula is C21H21NO2. The minimum Gasteiger partial charge on any atom is -0.507 e. The highest BCUT2D eigenvalue weighted by Gasteiger charge is 2.04. The van der Waals surface area contributed by atoms with Gasteiger partial charge in [-0.05, 0) is 35.4 Å². The lowest BCUT2D eigenvalue weighted by Gasteiger charge is -2.06. The second kappa shape index (κ2) is 7.64. The third-order valence-electron chi connectivity index (χ3n) is 3.87. The first kappa shape index (κ1) is 16.1. The van der Waals surface area contributed by atoms with E-state index < -0.39 is 0 Å². The first-order valence-corrected chi connectivity index (χ1v) is 8.25. The summed E-state index contributed by atoms with van der Waals surface area (Å²) in [7, 11) is 0. The van der Waals surface area contributed by atoms with Crippen molar-refractivity contribution in [3.05, 3.63) is 66.2 Å². The molecule has 3 rings (SSSR count). The van der Waals surface area contributed by atoms with Gasteiger partial charge in [-0.15, -0.1) is 0 Å². The molecule has 122 valence electrons. The maximum atomic E-state index is 10.2. The molecule has 0 atom stereocenters. The van der Waals surface area contributed by atoms with Crippen LogP contribution in [0, 0.1) is 0 Å². The molecule has 0 amide bonds. The number of nitrogens with zero attached hydrogens (tertiary/aromatic N) is 1. The molecule has 3 nitrogen and oxygen atoms in total. The van der Waals surface area contributed by atoms with Gasteiger partial charge in [0, 0.05) is 17.8 Å². The zero-order valence-electron chi connectivity index (χ0n) is 13.8. The van der Waals surface area contributed by atoms with Crippen LogP contribution in [0.25, 0.3) is 10.8 Å². The first-order valence-electron chi connectivity index (χ1n) is 8.25. The standard InChI is InChI=1S/C21H21NO2/c1-2-3-13-24-18-9-6-8-17(14-18)22-15-20-19-10-5-4-7-16(19)11-12-21(20)23/h4-12,14-15,23H,2-3,13H2,1H3. The fourth-order valence-electron chi connectivity index (χ4n) is 2.55. The number of hydrogen-bond acceptors (Lipinski definition) is 3. The summed E-state index contributed by atoms with van der Waals surface area (Å²) >= 11 is 0. The Labute approximate surface area is 142 Å². The molecule has 24 heavy (non-hydrogen) atoms. The van der Waals surface area contributed by atoms with Gasteiger partial charge in [0.1, 0.15) is 11.5 Å². The quantitative estimate of drug-likeness (QED) is 0.483. The Morgan fingerprint density at radius 3 is 2.79 bits per heavy atom. The average molecular weight is 319 g/mol. The van der Waals surface area contributed by atoms with Gasteiger partial charge in [0.05, 0.1) is 12.3 Å². The van der Waals surface area contributed by atoms with Gasteiger partial charge in [0.25, 0.3) is 0 Å². The average Bonchev–Trinajstić information content (AvgIpc) is 2.61. The molecule has 0 aliphatic carbocycles. The molecule has 3 aromatic carbocycles. The lowest BCUT2D eigenvalue weighted by atomic mass is 10.0. The predicted octanol–water partition coefficient (Wildman–Crippen LogP) is 5.47. The highest BCUT2D eigenvalue weighted by Crippen LogP contribution is 2.27. The number of phenols is 1. The number of fused-ring (bicyclic) bond motifs is 1. The molecule has 0 bridgehead atoms. The number of rotatable bonds is 6. The van der Waals surface area contributed by atoms with Crippen LogP contribution in [0.1, 0.15) is 25.3 Å². The summed E-state index contributed by atoms with van der Waals surface area (Å²) in [5, 5.41) is 12.2. The van der Waals surface area contributed by atoms with E-state index in [-0.39, 0.29) is 5.75 Å².